The average molecular weight is 415 g/mol. The van der Waals surface area contributed by atoms with Gasteiger partial charge in [0.15, 0.2) is 0 Å². The highest BCUT2D eigenvalue weighted by atomic mass is 16.5. The van der Waals surface area contributed by atoms with Crippen molar-refractivity contribution in [3.05, 3.63) is 0 Å². The predicted octanol–water partition coefficient (Wildman–Crippen LogP) is 0.716. The van der Waals surface area contributed by atoms with E-state index in [1.54, 1.807) is 24.8 Å². The Bertz CT molecular complexity index is 583. The molecule has 3 atom stereocenters. The summed E-state index contributed by atoms with van der Waals surface area (Å²) in [6.45, 7) is 5.96. The molecule has 1 aliphatic rings. The van der Waals surface area contributed by atoms with Crippen LogP contribution in [-0.2, 0) is 19.2 Å². The summed E-state index contributed by atoms with van der Waals surface area (Å²) in [6.07, 6.45) is 3.96. The van der Waals surface area contributed by atoms with Crippen LogP contribution in [0.4, 0.5) is 0 Å². The smallest absolute Gasteiger partial charge is 0.266 e. The molecule has 1 fully saturated rings. The Morgan fingerprint density at radius 2 is 1.79 bits per heavy atom. The molecule has 0 unspecified atom stereocenters. The number of nitrogens with zero attached hydrogens (tertiary/aromatic N) is 1. The molecule has 1 rings (SSSR count). The minimum Gasteiger partial charge on any atom is -0.344 e. The molecule has 166 valence electrons. The van der Waals surface area contributed by atoms with E-state index in [-0.39, 0.29) is 12.3 Å². The van der Waals surface area contributed by atoms with Gasteiger partial charge in [-0.3, -0.25) is 29.6 Å². The second-order valence-corrected chi connectivity index (χ2v) is 7.83. The van der Waals surface area contributed by atoms with Crippen molar-refractivity contribution in [3.63, 3.8) is 0 Å². The number of amides is 4. The highest BCUT2D eigenvalue weighted by molar-refractivity contribution is 5.93. The molecule has 10 nitrogen and oxygen atoms in total. The first kappa shape index (κ1) is 24.8. The summed E-state index contributed by atoms with van der Waals surface area (Å²) in [5.41, 5.74) is 3.13. The molecule has 0 aromatic carbocycles. The van der Waals surface area contributed by atoms with Crippen LogP contribution in [0.1, 0.15) is 65.7 Å². The van der Waals surface area contributed by atoms with Gasteiger partial charge >= 0.3 is 0 Å². The molecule has 4 amide bonds. The van der Waals surface area contributed by atoms with Gasteiger partial charge in [-0.05, 0) is 25.2 Å². The fourth-order valence-electron chi connectivity index (χ4n) is 3.58. The molecule has 10 heteroatoms. The van der Waals surface area contributed by atoms with Gasteiger partial charge in [0.1, 0.15) is 12.1 Å². The summed E-state index contributed by atoms with van der Waals surface area (Å²) >= 11 is 0. The number of hydroxylamine groups is 2. The molecule has 0 aliphatic carbocycles. The van der Waals surface area contributed by atoms with Gasteiger partial charge in [-0.15, -0.1) is 0 Å². The molecule has 1 saturated heterocycles. The summed E-state index contributed by atoms with van der Waals surface area (Å²) in [4.78, 5) is 50.7. The first-order valence-electron chi connectivity index (χ1n) is 10.2. The summed E-state index contributed by atoms with van der Waals surface area (Å²) in [5.74, 6) is -3.04. The van der Waals surface area contributed by atoms with E-state index < -0.39 is 41.6 Å². The van der Waals surface area contributed by atoms with Crippen molar-refractivity contribution in [2.45, 2.75) is 77.8 Å². The molecule has 5 N–H and O–H groups in total. The lowest BCUT2D eigenvalue weighted by atomic mass is 9.94. The summed E-state index contributed by atoms with van der Waals surface area (Å²) in [5, 5.41) is 20.4. The Labute approximate surface area is 171 Å². The average Bonchev–Trinajstić information content (AvgIpc) is 3.19. The number of carbonyl (C=O) groups excluding carboxylic acids is 4. The lowest BCUT2D eigenvalue weighted by Crippen LogP contribution is -2.55. The maximum Gasteiger partial charge on any atom is 0.266 e. The SMILES string of the molecule is CCCCC[C@H](CC(=O)NO)C(=O)N[C@H](C(=O)N1CCC[C@@H]1C(=O)NO)C(C)C. The lowest BCUT2D eigenvalue weighted by molar-refractivity contribution is -0.145. The number of unbranched alkanes of at least 4 members (excludes halogenated alkanes) is 2. The van der Waals surface area contributed by atoms with Crippen molar-refractivity contribution >= 4 is 23.6 Å². The fraction of sp³-hybridized carbons (Fsp3) is 0.789. The molecular weight excluding hydrogens is 380 g/mol. The van der Waals surface area contributed by atoms with Crippen molar-refractivity contribution in [2.24, 2.45) is 11.8 Å². The first-order valence-corrected chi connectivity index (χ1v) is 10.2. The van der Waals surface area contributed by atoms with Crippen LogP contribution in [0.5, 0.6) is 0 Å². The van der Waals surface area contributed by atoms with E-state index >= 15 is 0 Å². The van der Waals surface area contributed by atoms with E-state index in [2.05, 4.69) is 5.32 Å². The van der Waals surface area contributed by atoms with Crippen LogP contribution >= 0.6 is 0 Å². The van der Waals surface area contributed by atoms with E-state index in [0.717, 1.165) is 19.3 Å². The zero-order valence-electron chi connectivity index (χ0n) is 17.4. The molecular formula is C19H34N4O6. The van der Waals surface area contributed by atoms with Gasteiger partial charge in [-0.1, -0.05) is 40.0 Å². The second kappa shape index (κ2) is 12.4. The van der Waals surface area contributed by atoms with Crippen LogP contribution in [-0.4, -0.2) is 57.6 Å². The van der Waals surface area contributed by atoms with E-state index in [9.17, 15) is 19.2 Å². The Morgan fingerprint density at radius 3 is 2.34 bits per heavy atom. The minimum absolute atomic E-state index is 0.176. The molecule has 0 aromatic rings. The van der Waals surface area contributed by atoms with Crippen LogP contribution in [0.25, 0.3) is 0 Å². The monoisotopic (exact) mass is 414 g/mol. The topological polar surface area (TPSA) is 148 Å². The van der Waals surface area contributed by atoms with E-state index in [0.29, 0.717) is 25.8 Å². The molecule has 1 aliphatic heterocycles. The normalized spacial score (nSPS) is 18.3. The number of hydrogen-bond donors (Lipinski definition) is 5. The highest BCUT2D eigenvalue weighted by Gasteiger charge is 2.39. The second-order valence-electron chi connectivity index (χ2n) is 7.83. The molecule has 0 radical (unpaired) electrons. The maximum absolute atomic E-state index is 13.0. The van der Waals surface area contributed by atoms with Crippen LogP contribution in [0, 0.1) is 11.8 Å². The van der Waals surface area contributed by atoms with Crippen molar-refractivity contribution in [3.8, 4) is 0 Å². The van der Waals surface area contributed by atoms with Gasteiger partial charge < -0.3 is 10.2 Å². The van der Waals surface area contributed by atoms with Gasteiger partial charge in [0.05, 0.1) is 0 Å². The number of nitrogens with one attached hydrogen (secondary N) is 3. The molecule has 0 saturated carbocycles. The summed E-state index contributed by atoms with van der Waals surface area (Å²) in [7, 11) is 0. The maximum atomic E-state index is 13.0. The van der Waals surface area contributed by atoms with E-state index in [4.69, 9.17) is 10.4 Å². The standard InChI is InChI=1S/C19H34N4O6/c1-4-5-6-8-13(11-15(24)21-28)17(25)20-16(12(2)3)19(27)23-10-7-9-14(23)18(26)22-29/h12-14,16,28-29H,4-11H2,1-3H3,(H,20,25)(H,21,24)(H,22,26)/t13-,14-,16+/m1/s1. The number of rotatable bonds is 11. The first-order chi connectivity index (χ1) is 13.8. The zero-order valence-corrected chi connectivity index (χ0v) is 17.4. The summed E-state index contributed by atoms with van der Waals surface area (Å²) in [6, 6.07) is -1.63. The third kappa shape index (κ3) is 7.28. The quantitative estimate of drug-likeness (QED) is 0.191. The molecule has 29 heavy (non-hydrogen) atoms. The van der Waals surface area contributed by atoms with Crippen LogP contribution in [0.3, 0.4) is 0 Å². The largest absolute Gasteiger partial charge is 0.344 e. The van der Waals surface area contributed by atoms with Gasteiger partial charge in [0.25, 0.3) is 5.91 Å². The van der Waals surface area contributed by atoms with Crippen LogP contribution < -0.4 is 16.3 Å². The van der Waals surface area contributed by atoms with Crippen molar-refractivity contribution in [1.82, 2.24) is 21.2 Å². The van der Waals surface area contributed by atoms with Gasteiger partial charge in [-0.2, -0.15) is 0 Å². The third-order valence-corrected chi connectivity index (χ3v) is 5.26. The highest BCUT2D eigenvalue weighted by Crippen LogP contribution is 2.21. The molecule has 1 heterocycles. The number of carbonyl (C=O) groups is 4. The minimum atomic E-state index is -0.861. The van der Waals surface area contributed by atoms with E-state index in [1.807, 2.05) is 6.92 Å². The molecule has 0 aromatic heterocycles. The van der Waals surface area contributed by atoms with Gasteiger partial charge in [0.2, 0.25) is 17.7 Å². The Kier molecular flexibility index (Phi) is 10.6. The molecule has 0 bridgehead atoms. The lowest BCUT2D eigenvalue weighted by Gasteiger charge is -2.31. The Balaban J connectivity index is 2.90. The van der Waals surface area contributed by atoms with Gasteiger partial charge in [-0.25, -0.2) is 11.0 Å². The summed E-state index contributed by atoms with van der Waals surface area (Å²) < 4.78 is 0. The Morgan fingerprint density at radius 1 is 1.10 bits per heavy atom. The molecule has 0 spiro atoms. The van der Waals surface area contributed by atoms with Crippen molar-refractivity contribution in [1.29, 1.82) is 0 Å². The van der Waals surface area contributed by atoms with Crippen LogP contribution in [0.15, 0.2) is 0 Å². The number of hydrogen-bond acceptors (Lipinski definition) is 6. The van der Waals surface area contributed by atoms with Crippen molar-refractivity contribution in [2.75, 3.05) is 6.54 Å². The van der Waals surface area contributed by atoms with Crippen molar-refractivity contribution < 1.29 is 29.6 Å². The van der Waals surface area contributed by atoms with E-state index in [1.165, 1.54) is 4.90 Å². The third-order valence-electron chi connectivity index (χ3n) is 5.26. The zero-order chi connectivity index (χ0) is 22.0. The number of likely N-dealkylation sites (tertiary alicyclic amines) is 1. The fourth-order valence-corrected chi connectivity index (χ4v) is 3.58. The van der Waals surface area contributed by atoms with Crippen LogP contribution in [0.2, 0.25) is 0 Å². The predicted molar refractivity (Wildman–Crippen MR) is 104 cm³/mol. The van der Waals surface area contributed by atoms with Gasteiger partial charge in [0, 0.05) is 18.9 Å². The Hall–Kier alpha value is -2.20.